The molecule has 1 aliphatic heterocycles. The number of nitrogens with one attached hydrogen (secondary N) is 1. The van der Waals surface area contributed by atoms with Gasteiger partial charge in [-0.3, -0.25) is 14.2 Å². The molecule has 7 nitrogen and oxygen atoms in total. The second kappa shape index (κ2) is 8.73. The molecule has 0 radical (unpaired) electrons. The fourth-order valence-electron chi connectivity index (χ4n) is 3.33. The maximum Gasteiger partial charge on any atom is 0.263 e. The van der Waals surface area contributed by atoms with E-state index in [1.807, 2.05) is 19.9 Å². The summed E-state index contributed by atoms with van der Waals surface area (Å²) in [5, 5.41) is 4.07. The van der Waals surface area contributed by atoms with Gasteiger partial charge in [-0.05, 0) is 44.4 Å². The zero-order valence-corrected chi connectivity index (χ0v) is 18.0. The van der Waals surface area contributed by atoms with E-state index >= 15 is 0 Å². The summed E-state index contributed by atoms with van der Waals surface area (Å²) in [6, 6.07) is 3.61. The van der Waals surface area contributed by atoms with Gasteiger partial charge in [0.2, 0.25) is 5.91 Å². The number of carbonyl (C=O) groups excluding carboxylic acids is 1. The monoisotopic (exact) mass is 433 g/mol. The van der Waals surface area contributed by atoms with Gasteiger partial charge in [-0.25, -0.2) is 4.98 Å². The highest BCUT2D eigenvalue weighted by molar-refractivity contribution is 7.99. The lowest BCUT2D eigenvalue weighted by molar-refractivity contribution is -0.119. The highest BCUT2D eigenvalue weighted by Gasteiger charge is 2.19. The molecule has 1 unspecified atom stereocenters. The van der Waals surface area contributed by atoms with Crippen LogP contribution in [0.4, 0.5) is 0 Å². The number of ether oxygens (including phenoxy) is 1. The summed E-state index contributed by atoms with van der Waals surface area (Å²) in [5.74, 6) is 0.761. The van der Waals surface area contributed by atoms with E-state index in [9.17, 15) is 9.59 Å². The lowest BCUT2D eigenvalue weighted by Crippen LogP contribution is -2.33. The van der Waals surface area contributed by atoms with E-state index in [1.54, 1.807) is 16.9 Å². The second-order valence-electron chi connectivity index (χ2n) is 7.06. The van der Waals surface area contributed by atoms with E-state index in [0.717, 1.165) is 29.9 Å². The number of aromatic nitrogens is 2. The molecule has 1 N–H and O–H groups in total. The average Bonchev–Trinajstić information content (AvgIpc) is 3.44. The molecule has 0 aliphatic carbocycles. The van der Waals surface area contributed by atoms with E-state index in [-0.39, 0.29) is 29.9 Å². The van der Waals surface area contributed by atoms with Gasteiger partial charge in [0.25, 0.3) is 5.56 Å². The number of hydrogen-bond donors (Lipinski definition) is 1. The highest BCUT2D eigenvalue weighted by Crippen LogP contribution is 2.28. The number of thiophene rings is 1. The Bertz CT molecular complexity index is 1070. The molecule has 0 spiro atoms. The standard InChI is InChI=1S/C20H23N3O4S2/c1-12-13(2)29-18-17(12)19(25)23(10-15-6-4-8-27-15)20(22-18)28-11-16(24)21-9-14-5-3-7-26-14/h4,6,8,14H,3,5,7,9-11H2,1-2H3,(H,21,24). The lowest BCUT2D eigenvalue weighted by atomic mass is 10.2. The lowest BCUT2D eigenvalue weighted by Gasteiger charge is -2.12. The first-order valence-electron chi connectivity index (χ1n) is 9.57. The van der Waals surface area contributed by atoms with Crippen molar-refractivity contribution in [3.05, 3.63) is 45.0 Å². The number of amides is 1. The van der Waals surface area contributed by atoms with Gasteiger partial charge in [-0.15, -0.1) is 11.3 Å². The van der Waals surface area contributed by atoms with E-state index < -0.39 is 0 Å². The van der Waals surface area contributed by atoms with Crippen molar-refractivity contribution in [3.8, 4) is 0 Å². The van der Waals surface area contributed by atoms with E-state index in [2.05, 4.69) is 5.32 Å². The molecule has 9 heteroatoms. The van der Waals surface area contributed by atoms with Crippen molar-refractivity contribution >= 4 is 39.2 Å². The summed E-state index contributed by atoms with van der Waals surface area (Å²) in [7, 11) is 0. The van der Waals surface area contributed by atoms with Crippen LogP contribution in [-0.4, -0.2) is 40.5 Å². The number of aryl methyl sites for hydroxylation is 2. The Morgan fingerprint density at radius 2 is 2.31 bits per heavy atom. The molecule has 3 aromatic heterocycles. The van der Waals surface area contributed by atoms with Crippen molar-refractivity contribution in [2.75, 3.05) is 18.9 Å². The first-order valence-corrected chi connectivity index (χ1v) is 11.4. The molecule has 4 rings (SSSR count). The molecule has 1 atom stereocenters. The van der Waals surface area contributed by atoms with Gasteiger partial charge in [0.15, 0.2) is 5.16 Å². The number of rotatable bonds is 7. The third kappa shape index (κ3) is 4.41. The number of fused-ring (bicyclic) bond motifs is 1. The van der Waals surface area contributed by atoms with Crippen molar-refractivity contribution in [1.82, 2.24) is 14.9 Å². The van der Waals surface area contributed by atoms with Gasteiger partial charge in [0.1, 0.15) is 10.6 Å². The van der Waals surface area contributed by atoms with Crippen molar-refractivity contribution in [2.45, 2.75) is 44.5 Å². The van der Waals surface area contributed by atoms with Crippen LogP contribution in [0.25, 0.3) is 10.2 Å². The van der Waals surface area contributed by atoms with Crippen molar-refractivity contribution in [2.24, 2.45) is 0 Å². The Morgan fingerprint density at radius 1 is 1.45 bits per heavy atom. The van der Waals surface area contributed by atoms with Crippen LogP contribution in [-0.2, 0) is 16.1 Å². The van der Waals surface area contributed by atoms with Crippen LogP contribution in [0.3, 0.4) is 0 Å². The summed E-state index contributed by atoms with van der Waals surface area (Å²) in [5.41, 5.74) is 0.858. The smallest absolute Gasteiger partial charge is 0.263 e. The maximum absolute atomic E-state index is 13.2. The Kier molecular flexibility index (Phi) is 6.07. The first kappa shape index (κ1) is 20.2. The molecule has 29 heavy (non-hydrogen) atoms. The normalized spacial score (nSPS) is 16.6. The average molecular weight is 434 g/mol. The summed E-state index contributed by atoms with van der Waals surface area (Å²) >= 11 is 2.77. The van der Waals surface area contributed by atoms with Gasteiger partial charge in [0.05, 0.1) is 30.1 Å². The van der Waals surface area contributed by atoms with Crippen LogP contribution < -0.4 is 10.9 Å². The number of furan rings is 1. The van der Waals surface area contributed by atoms with Crippen molar-refractivity contribution in [3.63, 3.8) is 0 Å². The molecule has 1 fully saturated rings. The Morgan fingerprint density at radius 3 is 3.03 bits per heavy atom. The highest BCUT2D eigenvalue weighted by atomic mass is 32.2. The van der Waals surface area contributed by atoms with Gasteiger partial charge in [-0.2, -0.15) is 0 Å². The summed E-state index contributed by atoms with van der Waals surface area (Å²) in [6.07, 6.45) is 3.70. The van der Waals surface area contributed by atoms with Crippen LogP contribution in [0, 0.1) is 13.8 Å². The number of carbonyl (C=O) groups is 1. The summed E-state index contributed by atoms with van der Waals surface area (Å²) < 4.78 is 12.6. The SMILES string of the molecule is Cc1sc2nc(SCC(=O)NCC3CCCO3)n(Cc3ccco3)c(=O)c2c1C. The molecule has 154 valence electrons. The Balaban J connectivity index is 1.56. The van der Waals surface area contributed by atoms with Crippen molar-refractivity contribution in [1.29, 1.82) is 0 Å². The summed E-state index contributed by atoms with van der Waals surface area (Å²) in [4.78, 5) is 32.0. The molecule has 1 amide bonds. The van der Waals surface area contributed by atoms with Crippen LogP contribution >= 0.6 is 23.1 Å². The maximum atomic E-state index is 13.2. The van der Waals surface area contributed by atoms with Gasteiger partial charge in [0, 0.05) is 18.0 Å². The van der Waals surface area contributed by atoms with Gasteiger partial charge >= 0.3 is 0 Å². The molecule has 3 aromatic rings. The van der Waals surface area contributed by atoms with E-state index in [1.165, 1.54) is 23.1 Å². The number of nitrogens with zero attached hydrogens (tertiary/aromatic N) is 2. The topological polar surface area (TPSA) is 86.4 Å². The van der Waals surface area contributed by atoms with Gasteiger partial charge < -0.3 is 14.5 Å². The fourth-order valence-corrected chi connectivity index (χ4v) is 5.23. The zero-order valence-electron chi connectivity index (χ0n) is 16.4. The molecule has 1 saturated heterocycles. The minimum absolute atomic E-state index is 0.0945. The third-order valence-electron chi connectivity index (χ3n) is 5.03. The van der Waals surface area contributed by atoms with Crippen molar-refractivity contribution < 1.29 is 13.9 Å². The predicted molar refractivity (Wildman–Crippen MR) is 114 cm³/mol. The fraction of sp³-hybridized carbons (Fsp3) is 0.450. The Labute approximate surface area is 176 Å². The first-order chi connectivity index (χ1) is 14.0. The molecule has 4 heterocycles. The van der Waals surface area contributed by atoms with Crippen LogP contribution in [0.15, 0.2) is 32.8 Å². The zero-order chi connectivity index (χ0) is 20.4. The molecular weight excluding hydrogens is 410 g/mol. The summed E-state index contributed by atoms with van der Waals surface area (Å²) in [6.45, 7) is 5.50. The largest absolute Gasteiger partial charge is 0.467 e. The second-order valence-corrected chi connectivity index (χ2v) is 9.20. The van der Waals surface area contributed by atoms with Crippen LogP contribution in [0.5, 0.6) is 0 Å². The van der Waals surface area contributed by atoms with Crippen LogP contribution in [0.1, 0.15) is 29.0 Å². The molecule has 1 aliphatic rings. The Hall–Kier alpha value is -2.10. The predicted octanol–water partition coefficient (Wildman–Crippen LogP) is 3.10. The number of thioether (sulfide) groups is 1. The number of hydrogen-bond acceptors (Lipinski definition) is 7. The van der Waals surface area contributed by atoms with E-state index in [0.29, 0.717) is 27.7 Å². The van der Waals surface area contributed by atoms with Crippen LogP contribution in [0.2, 0.25) is 0 Å². The molecular formula is C20H23N3O4S2. The third-order valence-corrected chi connectivity index (χ3v) is 7.11. The minimum Gasteiger partial charge on any atom is -0.467 e. The molecule has 0 saturated carbocycles. The van der Waals surface area contributed by atoms with E-state index in [4.69, 9.17) is 14.1 Å². The minimum atomic E-state index is -0.101. The molecule has 0 aromatic carbocycles. The molecule has 0 bridgehead atoms. The van der Waals surface area contributed by atoms with Gasteiger partial charge in [-0.1, -0.05) is 11.8 Å². The quantitative estimate of drug-likeness (QED) is 0.455.